The lowest BCUT2D eigenvalue weighted by Gasteiger charge is -2.20. The van der Waals surface area contributed by atoms with Crippen molar-refractivity contribution in [1.29, 1.82) is 0 Å². The van der Waals surface area contributed by atoms with Crippen LogP contribution in [0, 0.1) is 0 Å². The molecule has 0 fully saturated rings. The zero-order chi connectivity index (χ0) is 61.3. The van der Waals surface area contributed by atoms with Gasteiger partial charge in [0.1, 0.15) is 0 Å². The average Bonchev–Trinajstić information content (AvgIpc) is 3.68. The van der Waals surface area contributed by atoms with Crippen LogP contribution in [-0.2, 0) is 32.7 Å². The van der Waals surface area contributed by atoms with Crippen molar-refractivity contribution in [3.8, 4) is 0 Å². The van der Waals surface area contributed by atoms with Crippen LogP contribution in [0.4, 0.5) is 0 Å². The molecule has 1 N–H and O–H groups in total. The third-order valence-corrected chi connectivity index (χ3v) is 21.2. The van der Waals surface area contributed by atoms with E-state index in [4.69, 9.17) is 18.5 Å². The van der Waals surface area contributed by atoms with Gasteiger partial charge in [-0.1, -0.05) is 258 Å². The maximum Gasteiger partial charge on any atom is 0.405 e. The largest absolute Gasteiger partial charge is 0.466 e. The van der Waals surface area contributed by atoms with Gasteiger partial charge in [-0.05, 0) is 123 Å². The molecular weight excluding hydrogens is 1100 g/mol. The summed E-state index contributed by atoms with van der Waals surface area (Å²) in [5.74, 6) is 3.24. The summed E-state index contributed by atoms with van der Waals surface area (Å²) in [6.45, 7) is 20.9. The quantitative estimate of drug-likeness (QED) is 0.0389. The van der Waals surface area contributed by atoms with Gasteiger partial charge in [-0.2, -0.15) is 23.5 Å². The number of carbonyl (C=O) groups is 2. The highest BCUT2D eigenvalue weighted by Crippen LogP contribution is 2.44. The van der Waals surface area contributed by atoms with E-state index in [2.05, 4.69) is 137 Å². The SMILES string of the molecule is CCCCCCCCCC(CCCCCCCCOP(=O)(NCCN(C)C)OCCCCCCCCCC(CCCCCCCC)SCCCOC(=O)C[C@H](C)c1ccc(C(C)C)cc1)SCCCOC(=O)CC(C)c1ccc(C(C)C)cc1. The van der Waals surface area contributed by atoms with Crippen LogP contribution in [0.25, 0.3) is 0 Å². The predicted molar refractivity (Wildman–Crippen MR) is 367 cm³/mol. The van der Waals surface area contributed by atoms with E-state index < -0.39 is 7.75 Å². The Labute approximate surface area is 526 Å². The number of nitrogens with zero attached hydrogens (tertiary/aromatic N) is 1. The number of nitrogens with one attached hydrogen (secondary N) is 1. The minimum Gasteiger partial charge on any atom is -0.466 e. The van der Waals surface area contributed by atoms with E-state index in [-0.39, 0.29) is 23.8 Å². The molecule has 84 heavy (non-hydrogen) atoms. The van der Waals surface area contributed by atoms with Crippen molar-refractivity contribution in [3.63, 3.8) is 0 Å². The topological polar surface area (TPSA) is 103 Å². The molecule has 0 aliphatic carbocycles. The van der Waals surface area contributed by atoms with Crippen LogP contribution in [0.5, 0.6) is 0 Å². The molecule has 9 nitrogen and oxygen atoms in total. The summed E-state index contributed by atoms with van der Waals surface area (Å²) in [5.41, 5.74) is 5.06. The van der Waals surface area contributed by atoms with Crippen molar-refractivity contribution >= 4 is 43.2 Å². The van der Waals surface area contributed by atoms with E-state index in [9.17, 15) is 14.2 Å². The van der Waals surface area contributed by atoms with Gasteiger partial charge in [0.2, 0.25) is 0 Å². The third kappa shape index (κ3) is 42.1. The molecule has 0 saturated carbocycles. The molecule has 0 aliphatic heterocycles. The van der Waals surface area contributed by atoms with E-state index in [0.717, 1.165) is 56.6 Å². The zero-order valence-corrected chi connectivity index (χ0v) is 58.4. The normalized spacial score (nSPS) is 14.1. The first-order valence-electron chi connectivity index (χ1n) is 34.7. The minimum atomic E-state index is -3.37. The molecule has 486 valence electrons. The number of rotatable bonds is 58. The summed E-state index contributed by atoms with van der Waals surface area (Å²) in [5, 5.41) is 4.51. The molecule has 12 heteroatoms. The van der Waals surface area contributed by atoms with E-state index in [0.29, 0.717) is 68.1 Å². The Morgan fingerprint density at radius 1 is 0.440 bits per heavy atom. The fourth-order valence-corrected chi connectivity index (χ4v) is 14.8. The fourth-order valence-electron chi connectivity index (χ4n) is 10.8. The van der Waals surface area contributed by atoms with Crippen LogP contribution >= 0.6 is 31.3 Å². The number of carbonyl (C=O) groups excluding carboxylic acids is 2. The smallest absolute Gasteiger partial charge is 0.405 e. The van der Waals surface area contributed by atoms with Crippen molar-refractivity contribution in [2.24, 2.45) is 0 Å². The second-order valence-corrected chi connectivity index (χ2v) is 30.1. The van der Waals surface area contributed by atoms with E-state index >= 15 is 0 Å². The molecule has 0 aromatic heterocycles. The number of hydrogen-bond donors (Lipinski definition) is 1. The van der Waals surface area contributed by atoms with E-state index in [1.807, 2.05) is 14.1 Å². The Hall–Kier alpha value is -1.85. The molecular formula is C72H129N2O7PS2. The second kappa shape index (κ2) is 52.0. The number of likely N-dealkylation sites (N-methyl/N-ethyl adjacent to an activating group) is 1. The molecule has 0 radical (unpaired) electrons. The summed E-state index contributed by atoms with van der Waals surface area (Å²) < 4.78 is 37.3. The molecule has 0 saturated heterocycles. The highest BCUT2D eigenvalue weighted by Gasteiger charge is 2.24. The Kier molecular flexibility index (Phi) is 48.4. The van der Waals surface area contributed by atoms with Gasteiger partial charge >= 0.3 is 19.7 Å². The van der Waals surface area contributed by atoms with E-state index in [1.54, 1.807) is 0 Å². The summed E-state index contributed by atoms with van der Waals surface area (Å²) >= 11 is 4.21. The first kappa shape index (κ1) is 78.2. The molecule has 0 heterocycles. The van der Waals surface area contributed by atoms with Crippen LogP contribution in [-0.4, -0.2) is 92.5 Å². The van der Waals surface area contributed by atoms with Crippen LogP contribution in [0.1, 0.15) is 320 Å². The molecule has 0 bridgehead atoms. The van der Waals surface area contributed by atoms with Gasteiger partial charge in [0, 0.05) is 23.6 Å². The zero-order valence-electron chi connectivity index (χ0n) is 55.9. The Bertz CT molecular complexity index is 1900. The molecule has 0 amide bonds. The van der Waals surface area contributed by atoms with Gasteiger partial charge in [-0.15, -0.1) is 0 Å². The number of benzene rings is 2. The number of esters is 2. The van der Waals surface area contributed by atoms with Gasteiger partial charge in [-0.25, -0.2) is 9.65 Å². The molecule has 5 atom stereocenters. The van der Waals surface area contributed by atoms with Crippen LogP contribution in [0.3, 0.4) is 0 Å². The summed E-state index contributed by atoms with van der Waals surface area (Å²) in [6, 6.07) is 17.4. The van der Waals surface area contributed by atoms with Crippen molar-refractivity contribution < 1.29 is 32.7 Å². The molecule has 0 aliphatic rings. The lowest BCUT2D eigenvalue weighted by atomic mass is 9.94. The predicted octanol–water partition coefficient (Wildman–Crippen LogP) is 21.7. The van der Waals surface area contributed by atoms with Gasteiger partial charge < -0.3 is 14.4 Å². The molecule has 2 aromatic rings. The first-order valence-corrected chi connectivity index (χ1v) is 38.3. The van der Waals surface area contributed by atoms with Crippen molar-refractivity contribution in [3.05, 3.63) is 70.8 Å². The summed E-state index contributed by atoms with van der Waals surface area (Å²) in [7, 11) is 0.674. The van der Waals surface area contributed by atoms with Crippen LogP contribution in [0.15, 0.2) is 48.5 Å². The first-order chi connectivity index (χ1) is 40.7. The van der Waals surface area contributed by atoms with Crippen LogP contribution in [0.2, 0.25) is 0 Å². The van der Waals surface area contributed by atoms with Crippen molar-refractivity contribution in [1.82, 2.24) is 9.99 Å². The number of thioether (sulfide) groups is 2. The Balaban J connectivity index is 1.65. The van der Waals surface area contributed by atoms with Crippen molar-refractivity contribution in [2.75, 3.05) is 65.1 Å². The molecule has 0 spiro atoms. The molecule has 2 rings (SSSR count). The lowest BCUT2D eigenvalue weighted by molar-refractivity contribution is -0.144. The monoisotopic (exact) mass is 1230 g/mol. The number of unbranched alkanes of at least 4 members (excludes halogenated alkanes) is 22. The number of hydrogen-bond acceptors (Lipinski definition) is 10. The van der Waals surface area contributed by atoms with Gasteiger partial charge in [0.15, 0.2) is 0 Å². The molecule has 2 aromatic carbocycles. The van der Waals surface area contributed by atoms with Crippen LogP contribution < -0.4 is 5.09 Å². The fraction of sp³-hybridized carbons (Fsp3) is 0.806. The van der Waals surface area contributed by atoms with E-state index in [1.165, 1.54) is 189 Å². The van der Waals surface area contributed by atoms with Gasteiger partial charge in [-0.3, -0.25) is 18.6 Å². The highest BCUT2D eigenvalue weighted by atomic mass is 32.2. The maximum atomic E-state index is 13.8. The minimum absolute atomic E-state index is 0.0859. The van der Waals surface area contributed by atoms with Gasteiger partial charge in [0.05, 0.1) is 39.3 Å². The summed E-state index contributed by atoms with van der Waals surface area (Å²) in [4.78, 5) is 27.5. The highest BCUT2D eigenvalue weighted by molar-refractivity contribution is 8.00. The summed E-state index contributed by atoms with van der Waals surface area (Å²) in [6.07, 6.45) is 40.2. The van der Waals surface area contributed by atoms with Gasteiger partial charge in [0.25, 0.3) is 0 Å². The standard InChI is InChI=1S/C72H129N2O7PS2/c1-11-13-15-17-20-26-32-40-70(84-58-38-54-79-72(76)60-64(8)68-49-45-66(46-50-68)62(5)6)42-34-28-22-24-30-36-56-81-82(77,73-51-52-74(9)10)80-55-35-29-23-19-21-27-33-41-69(39-31-25-18-16-14-12-2)83-57-37-53-78-71(75)59-63(7)67-47-43-65(44-48-67)61(3)4/h43-50,61-64,69-70H,11-42,51-60H2,1-10H3,(H,73,77)/t63-,64?,69?,70?,82?/m0/s1. The lowest BCUT2D eigenvalue weighted by Crippen LogP contribution is -2.26. The second-order valence-electron chi connectivity index (χ2n) is 25.5. The molecule has 4 unspecified atom stereocenters. The maximum absolute atomic E-state index is 13.8. The Morgan fingerprint density at radius 2 is 0.750 bits per heavy atom. The number of ether oxygens (including phenoxy) is 2. The average molecular weight is 1230 g/mol. The van der Waals surface area contributed by atoms with Crippen molar-refractivity contribution in [2.45, 2.75) is 308 Å². The Morgan fingerprint density at radius 3 is 1.07 bits per heavy atom. The third-order valence-electron chi connectivity index (χ3n) is 16.6.